The van der Waals surface area contributed by atoms with Crippen molar-refractivity contribution in [3.8, 4) is 0 Å². The minimum Gasteiger partial charge on any atom is -0.480 e. The van der Waals surface area contributed by atoms with Gasteiger partial charge in [0.05, 0.1) is 7.11 Å². The molecule has 0 fully saturated rings. The molecular formula is C19H19N3O7. The number of likely N-dealkylation sites (N-methyl/N-ethyl adjacent to an activating group) is 1. The number of hydrogen-bond acceptors (Lipinski definition) is 7. The zero-order valence-electron chi connectivity index (χ0n) is 15.7. The van der Waals surface area contributed by atoms with E-state index in [9.17, 15) is 24.3 Å². The fraction of sp³-hybridized carbons (Fsp3) is 0.316. The van der Waals surface area contributed by atoms with E-state index < -0.39 is 30.0 Å². The topological polar surface area (TPSA) is 138 Å². The number of carboxylic acid groups (broad SMARTS) is 1. The number of carbonyl (C=O) groups is 4. The number of fused-ring (bicyclic) bond motifs is 3. The molecule has 0 bridgehead atoms. The molecule has 1 aliphatic rings. The van der Waals surface area contributed by atoms with E-state index in [4.69, 9.17) is 4.74 Å². The van der Waals surface area contributed by atoms with E-state index >= 15 is 0 Å². The van der Waals surface area contributed by atoms with Gasteiger partial charge in [0.25, 0.3) is 0 Å². The van der Waals surface area contributed by atoms with Crippen LogP contribution in [0.25, 0.3) is 10.9 Å². The van der Waals surface area contributed by atoms with Gasteiger partial charge in [-0.2, -0.15) is 0 Å². The summed E-state index contributed by atoms with van der Waals surface area (Å²) in [5, 5.41) is 10.4. The number of aldehydes is 1. The molecule has 2 aromatic rings. The van der Waals surface area contributed by atoms with Crippen LogP contribution in [-0.2, 0) is 30.3 Å². The number of methoxy groups -OCH3 is 1. The summed E-state index contributed by atoms with van der Waals surface area (Å²) in [6.07, 6.45) is -0.235. The van der Waals surface area contributed by atoms with Crippen LogP contribution in [0.2, 0.25) is 0 Å². The number of ether oxygens (including phenoxy) is 2. The quantitative estimate of drug-likeness (QED) is 0.433. The van der Waals surface area contributed by atoms with Gasteiger partial charge in [-0.25, -0.2) is 14.6 Å². The number of nitrogens with zero attached hydrogens (tertiary/aromatic N) is 2. The molecule has 0 spiro atoms. The third-order valence-electron chi connectivity index (χ3n) is 4.73. The lowest BCUT2D eigenvalue weighted by Crippen LogP contribution is -2.50. The van der Waals surface area contributed by atoms with Crippen LogP contribution in [0, 0.1) is 5.92 Å². The van der Waals surface area contributed by atoms with Crippen LogP contribution >= 0.6 is 0 Å². The number of hydrogen-bond donors (Lipinski definition) is 2. The third-order valence-corrected chi connectivity index (χ3v) is 4.73. The van der Waals surface area contributed by atoms with E-state index in [-0.39, 0.29) is 12.2 Å². The maximum Gasteiger partial charge on any atom is 0.410 e. The van der Waals surface area contributed by atoms with E-state index in [2.05, 4.69) is 14.7 Å². The smallest absolute Gasteiger partial charge is 0.410 e. The molecule has 0 aliphatic carbocycles. The molecule has 29 heavy (non-hydrogen) atoms. The number of aliphatic imine (C=N–C) groups is 1. The lowest BCUT2D eigenvalue weighted by atomic mass is 10.0. The van der Waals surface area contributed by atoms with Crippen LogP contribution in [0.1, 0.15) is 11.3 Å². The Morgan fingerprint density at radius 1 is 1.31 bits per heavy atom. The Morgan fingerprint density at radius 3 is 2.69 bits per heavy atom. The van der Waals surface area contributed by atoms with Crippen LogP contribution in [0.5, 0.6) is 0 Å². The molecule has 10 heteroatoms. The van der Waals surface area contributed by atoms with Crippen molar-refractivity contribution >= 4 is 41.1 Å². The number of H-pyrrole nitrogens is 1. The van der Waals surface area contributed by atoms with Crippen LogP contribution < -0.4 is 0 Å². The van der Waals surface area contributed by atoms with Gasteiger partial charge in [-0.15, -0.1) is 0 Å². The molecule has 0 saturated heterocycles. The van der Waals surface area contributed by atoms with Crippen LogP contribution in [0.3, 0.4) is 0 Å². The lowest BCUT2D eigenvalue weighted by molar-refractivity contribution is -0.154. The molecule has 0 saturated carbocycles. The molecule has 1 amide bonds. The number of aromatic nitrogens is 1. The first-order valence-electron chi connectivity index (χ1n) is 8.74. The minimum absolute atomic E-state index is 0.0239. The normalized spacial score (nSPS) is 14.9. The largest absolute Gasteiger partial charge is 0.480 e. The van der Waals surface area contributed by atoms with Gasteiger partial charge in [0, 0.05) is 24.5 Å². The Hall–Kier alpha value is -3.69. The van der Waals surface area contributed by atoms with E-state index in [0.717, 1.165) is 30.6 Å². The predicted molar refractivity (Wildman–Crippen MR) is 101 cm³/mol. The molecule has 1 aromatic carbocycles. The predicted octanol–water partition coefficient (Wildman–Crippen LogP) is 0.980. The van der Waals surface area contributed by atoms with Crippen LogP contribution in [-0.4, -0.2) is 72.0 Å². The number of carboxylic acids is 1. The summed E-state index contributed by atoms with van der Waals surface area (Å²) in [6, 6.07) is 5.74. The lowest BCUT2D eigenvalue weighted by Gasteiger charge is -2.26. The summed E-state index contributed by atoms with van der Waals surface area (Å²) < 4.78 is 9.78. The molecule has 1 unspecified atom stereocenters. The van der Waals surface area contributed by atoms with Crippen molar-refractivity contribution in [1.29, 1.82) is 0 Å². The molecule has 1 aliphatic heterocycles. The Morgan fingerprint density at radius 2 is 2.03 bits per heavy atom. The number of rotatable bonds is 5. The Labute approximate surface area is 165 Å². The monoisotopic (exact) mass is 401 g/mol. The minimum atomic E-state index is -1.79. The zero-order valence-corrected chi connectivity index (χ0v) is 15.7. The number of aliphatic carboxylic acids is 1. The van der Waals surface area contributed by atoms with Gasteiger partial charge in [-0.05, 0) is 18.1 Å². The molecule has 152 valence electrons. The number of para-hydroxylation sites is 1. The van der Waals surface area contributed by atoms with Gasteiger partial charge < -0.3 is 24.4 Å². The molecule has 2 N–H and O–H groups in total. The van der Waals surface area contributed by atoms with Crippen molar-refractivity contribution in [2.45, 2.75) is 12.5 Å². The summed E-state index contributed by atoms with van der Waals surface area (Å²) in [7, 11) is 2.17. The van der Waals surface area contributed by atoms with Gasteiger partial charge in [0.15, 0.2) is 6.04 Å². The first-order chi connectivity index (χ1) is 13.9. The number of aromatic amines is 1. The van der Waals surface area contributed by atoms with E-state index in [1.54, 1.807) is 0 Å². The van der Waals surface area contributed by atoms with Crippen molar-refractivity contribution in [2.24, 2.45) is 10.9 Å². The Kier molecular flexibility index (Phi) is 5.62. The second-order valence-electron chi connectivity index (χ2n) is 6.41. The maximum absolute atomic E-state index is 12.6. The first kappa shape index (κ1) is 20.1. The number of amides is 1. The summed E-state index contributed by atoms with van der Waals surface area (Å²) in [6.45, 7) is 0.369. The highest BCUT2D eigenvalue weighted by Crippen LogP contribution is 2.27. The number of nitrogens with one attached hydrogen (secondary N) is 1. The number of carbonyl (C=O) groups excluding carboxylic acids is 3. The fourth-order valence-electron chi connectivity index (χ4n) is 3.31. The highest BCUT2D eigenvalue weighted by molar-refractivity contribution is 6.08. The molecule has 10 nitrogen and oxygen atoms in total. The van der Waals surface area contributed by atoms with Crippen molar-refractivity contribution in [1.82, 2.24) is 9.88 Å². The van der Waals surface area contributed by atoms with Crippen LogP contribution in [0.4, 0.5) is 4.79 Å². The SMILES string of the molecule is COC(=O)N(C)[C@H](C(=O)O)C(C=O)C(=O)OC1=NCCc2c1[nH]c1ccccc21. The highest BCUT2D eigenvalue weighted by atomic mass is 16.5. The van der Waals surface area contributed by atoms with Crippen molar-refractivity contribution < 1.29 is 33.8 Å². The first-order valence-corrected chi connectivity index (χ1v) is 8.74. The summed E-state index contributed by atoms with van der Waals surface area (Å²) in [5.41, 5.74) is 2.26. The summed E-state index contributed by atoms with van der Waals surface area (Å²) in [4.78, 5) is 55.5. The average molecular weight is 401 g/mol. The van der Waals surface area contributed by atoms with Gasteiger partial charge in [-0.3, -0.25) is 9.69 Å². The third kappa shape index (κ3) is 3.68. The Bertz CT molecular complexity index is 1010. The molecule has 0 radical (unpaired) electrons. The highest BCUT2D eigenvalue weighted by Gasteiger charge is 2.41. The van der Waals surface area contributed by atoms with Gasteiger partial charge in [0.2, 0.25) is 5.90 Å². The van der Waals surface area contributed by atoms with Crippen molar-refractivity contribution in [2.75, 3.05) is 20.7 Å². The summed E-state index contributed by atoms with van der Waals surface area (Å²) in [5.74, 6) is -4.48. The Balaban J connectivity index is 1.88. The van der Waals surface area contributed by atoms with Crippen LogP contribution in [0.15, 0.2) is 29.3 Å². The average Bonchev–Trinajstić information content (AvgIpc) is 3.10. The second kappa shape index (κ2) is 8.13. The van der Waals surface area contributed by atoms with E-state index in [1.165, 1.54) is 0 Å². The standard InChI is InChI=1S/C19H19N3O7/c1-22(19(27)28-2)15(17(24)25)12(9-23)18(26)29-16-14-11(7-8-20-16)10-5-3-4-6-13(10)21-14/h3-6,9,12,15,21H,7-8H2,1-2H3,(H,24,25)/t12?,15-/m0/s1. The van der Waals surface area contributed by atoms with Gasteiger partial charge in [-0.1, -0.05) is 18.2 Å². The van der Waals surface area contributed by atoms with E-state index in [1.807, 2.05) is 24.3 Å². The fourth-order valence-corrected chi connectivity index (χ4v) is 3.31. The maximum atomic E-state index is 12.6. The van der Waals surface area contributed by atoms with Crippen molar-refractivity contribution in [3.05, 3.63) is 35.5 Å². The number of esters is 1. The van der Waals surface area contributed by atoms with E-state index in [0.29, 0.717) is 23.6 Å². The molecule has 3 rings (SSSR count). The molecule has 2 atom stereocenters. The van der Waals surface area contributed by atoms with Gasteiger partial charge >= 0.3 is 18.0 Å². The molecular weight excluding hydrogens is 382 g/mol. The molecule has 1 aromatic heterocycles. The number of benzene rings is 1. The molecule has 2 heterocycles. The van der Waals surface area contributed by atoms with Gasteiger partial charge in [0.1, 0.15) is 17.9 Å². The summed E-state index contributed by atoms with van der Waals surface area (Å²) >= 11 is 0. The zero-order chi connectivity index (χ0) is 21.1. The second-order valence-corrected chi connectivity index (χ2v) is 6.41. The van der Waals surface area contributed by atoms with Crippen molar-refractivity contribution in [3.63, 3.8) is 0 Å².